The van der Waals surface area contributed by atoms with E-state index in [2.05, 4.69) is 10.3 Å². The average molecular weight is 340 g/mol. The van der Waals surface area contributed by atoms with Crippen LogP contribution in [-0.2, 0) is 5.54 Å². The molecule has 130 valence electrons. The molecular formula is C19H20N2O4. The van der Waals surface area contributed by atoms with Gasteiger partial charge in [0.15, 0.2) is 0 Å². The van der Waals surface area contributed by atoms with E-state index >= 15 is 0 Å². The van der Waals surface area contributed by atoms with Gasteiger partial charge < -0.3 is 15.2 Å². The van der Waals surface area contributed by atoms with Gasteiger partial charge in [0.25, 0.3) is 5.91 Å². The topological polar surface area (TPSA) is 88.5 Å². The number of carboxylic acid groups (broad SMARTS) is 1. The Kier molecular flexibility index (Phi) is 4.70. The third-order valence-corrected chi connectivity index (χ3v) is 4.70. The van der Waals surface area contributed by atoms with E-state index in [9.17, 15) is 9.59 Å². The number of carbonyl (C=O) groups is 2. The van der Waals surface area contributed by atoms with Crippen molar-refractivity contribution in [1.29, 1.82) is 0 Å². The predicted molar refractivity (Wildman–Crippen MR) is 91.8 cm³/mol. The van der Waals surface area contributed by atoms with E-state index in [1.165, 1.54) is 18.3 Å². The quantitative estimate of drug-likeness (QED) is 0.873. The second-order valence-electron chi connectivity index (χ2n) is 6.21. The van der Waals surface area contributed by atoms with Crippen molar-refractivity contribution in [3.63, 3.8) is 0 Å². The van der Waals surface area contributed by atoms with Crippen molar-refractivity contribution in [2.45, 2.75) is 31.2 Å². The highest BCUT2D eigenvalue weighted by Crippen LogP contribution is 2.39. The second kappa shape index (κ2) is 6.93. The number of pyridine rings is 1. The van der Waals surface area contributed by atoms with Crippen molar-refractivity contribution in [1.82, 2.24) is 10.3 Å². The molecule has 0 aliphatic heterocycles. The molecule has 2 N–H and O–H groups in total. The lowest BCUT2D eigenvalue weighted by Gasteiger charge is -2.31. The van der Waals surface area contributed by atoms with Crippen molar-refractivity contribution >= 4 is 11.9 Å². The van der Waals surface area contributed by atoms with Gasteiger partial charge in [-0.05, 0) is 42.7 Å². The highest BCUT2D eigenvalue weighted by atomic mass is 16.5. The molecule has 1 aliphatic carbocycles. The minimum Gasteiger partial charge on any atom is -0.497 e. The summed E-state index contributed by atoms with van der Waals surface area (Å²) in [5, 5.41) is 12.0. The summed E-state index contributed by atoms with van der Waals surface area (Å²) in [4.78, 5) is 27.4. The Hall–Kier alpha value is -2.89. The molecule has 2 aromatic rings. The van der Waals surface area contributed by atoms with Gasteiger partial charge in [0, 0.05) is 6.20 Å². The molecule has 0 spiro atoms. The molecule has 3 rings (SSSR count). The van der Waals surface area contributed by atoms with E-state index in [4.69, 9.17) is 9.84 Å². The molecule has 1 fully saturated rings. The number of amides is 1. The van der Waals surface area contributed by atoms with E-state index in [-0.39, 0.29) is 11.6 Å². The summed E-state index contributed by atoms with van der Waals surface area (Å²) in [7, 11) is 1.62. The number of hydrogen-bond acceptors (Lipinski definition) is 4. The van der Waals surface area contributed by atoms with Gasteiger partial charge in [-0.25, -0.2) is 9.78 Å². The van der Waals surface area contributed by atoms with Crippen molar-refractivity contribution in [3.8, 4) is 5.75 Å². The molecule has 0 atom stereocenters. The number of aromatic carboxylic acids is 1. The number of methoxy groups -OCH3 is 1. The van der Waals surface area contributed by atoms with Gasteiger partial charge in [0.05, 0.1) is 18.2 Å². The Morgan fingerprint density at radius 3 is 2.32 bits per heavy atom. The van der Waals surface area contributed by atoms with Gasteiger partial charge in [-0.1, -0.05) is 25.0 Å². The minimum atomic E-state index is -1.11. The van der Waals surface area contributed by atoms with E-state index in [0.717, 1.165) is 37.0 Å². The van der Waals surface area contributed by atoms with Crippen molar-refractivity contribution in [3.05, 3.63) is 59.4 Å². The largest absolute Gasteiger partial charge is 0.497 e. The summed E-state index contributed by atoms with van der Waals surface area (Å²) in [6.07, 6.45) is 5.12. The molecule has 1 aromatic heterocycles. The fraction of sp³-hybridized carbons (Fsp3) is 0.316. The molecule has 25 heavy (non-hydrogen) atoms. The van der Waals surface area contributed by atoms with Gasteiger partial charge in [-0.3, -0.25) is 4.79 Å². The maximum atomic E-state index is 12.7. The molecule has 0 saturated heterocycles. The molecule has 0 bridgehead atoms. The standard InChI is InChI=1S/C19H20N2O4/c1-25-15-7-5-14(6-8-15)19(10-2-3-11-19)21-17(22)13-4-9-16(18(23)24)20-12-13/h4-9,12H,2-3,10-11H2,1H3,(H,21,22)(H,23,24). The molecule has 1 heterocycles. The van der Waals surface area contributed by atoms with Gasteiger partial charge in [-0.2, -0.15) is 0 Å². The Balaban J connectivity index is 1.83. The second-order valence-corrected chi connectivity index (χ2v) is 6.21. The molecule has 1 saturated carbocycles. The number of ether oxygens (including phenoxy) is 1. The van der Waals surface area contributed by atoms with Crippen LogP contribution in [0.5, 0.6) is 5.75 Å². The Bertz CT molecular complexity index is 763. The lowest BCUT2D eigenvalue weighted by atomic mass is 9.87. The number of nitrogens with one attached hydrogen (secondary N) is 1. The summed E-state index contributed by atoms with van der Waals surface area (Å²) >= 11 is 0. The van der Waals surface area contributed by atoms with Crippen molar-refractivity contribution in [2.24, 2.45) is 0 Å². The van der Waals surface area contributed by atoms with Gasteiger partial charge in [-0.15, -0.1) is 0 Å². The maximum Gasteiger partial charge on any atom is 0.354 e. The number of nitrogens with zero attached hydrogens (tertiary/aromatic N) is 1. The number of rotatable bonds is 5. The van der Waals surface area contributed by atoms with Crippen LogP contribution in [0.3, 0.4) is 0 Å². The fourth-order valence-corrected chi connectivity index (χ4v) is 3.32. The summed E-state index contributed by atoms with van der Waals surface area (Å²) in [5.74, 6) is -0.587. The SMILES string of the molecule is COc1ccc(C2(NC(=O)c3ccc(C(=O)O)nc3)CCCC2)cc1. The first-order valence-electron chi connectivity index (χ1n) is 8.20. The van der Waals surface area contributed by atoms with E-state index < -0.39 is 11.5 Å². The Labute approximate surface area is 145 Å². The van der Waals surface area contributed by atoms with Crippen LogP contribution in [0, 0.1) is 0 Å². The van der Waals surface area contributed by atoms with Gasteiger partial charge >= 0.3 is 5.97 Å². The lowest BCUT2D eigenvalue weighted by molar-refractivity contribution is 0.0689. The summed E-state index contributed by atoms with van der Waals surface area (Å²) in [6, 6.07) is 10.6. The molecule has 6 nitrogen and oxygen atoms in total. The molecule has 1 aromatic carbocycles. The van der Waals surface area contributed by atoms with Crippen LogP contribution >= 0.6 is 0 Å². The first kappa shape index (κ1) is 17.0. The average Bonchev–Trinajstić information content (AvgIpc) is 3.11. The summed E-state index contributed by atoms with van der Waals surface area (Å²) in [6.45, 7) is 0. The maximum absolute atomic E-state index is 12.7. The third-order valence-electron chi connectivity index (χ3n) is 4.70. The number of carboxylic acids is 1. The number of carbonyl (C=O) groups excluding carboxylic acids is 1. The Morgan fingerprint density at radius 2 is 1.80 bits per heavy atom. The van der Waals surface area contributed by atoms with Crippen LogP contribution in [0.2, 0.25) is 0 Å². The number of hydrogen-bond donors (Lipinski definition) is 2. The van der Waals surface area contributed by atoms with E-state index in [0.29, 0.717) is 5.56 Å². The normalized spacial score (nSPS) is 15.6. The zero-order chi connectivity index (χ0) is 17.9. The van der Waals surface area contributed by atoms with Crippen LogP contribution < -0.4 is 10.1 Å². The van der Waals surface area contributed by atoms with Crippen molar-refractivity contribution in [2.75, 3.05) is 7.11 Å². The van der Waals surface area contributed by atoms with Gasteiger partial charge in [0.1, 0.15) is 11.4 Å². The predicted octanol–water partition coefficient (Wildman–Crippen LogP) is 2.99. The fourth-order valence-electron chi connectivity index (χ4n) is 3.32. The molecule has 0 radical (unpaired) electrons. The zero-order valence-electron chi connectivity index (χ0n) is 14.0. The van der Waals surface area contributed by atoms with E-state index in [1.54, 1.807) is 7.11 Å². The molecule has 1 amide bonds. The lowest BCUT2D eigenvalue weighted by Crippen LogP contribution is -2.43. The zero-order valence-corrected chi connectivity index (χ0v) is 14.0. The van der Waals surface area contributed by atoms with Crippen LogP contribution in [0.4, 0.5) is 0 Å². The van der Waals surface area contributed by atoms with Crippen LogP contribution in [0.15, 0.2) is 42.6 Å². The van der Waals surface area contributed by atoms with Crippen molar-refractivity contribution < 1.29 is 19.4 Å². The Morgan fingerprint density at radius 1 is 1.12 bits per heavy atom. The number of benzene rings is 1. The third kappa shape index (κ3) is 3.47. The summed E-state index contributed by atoms with van der Waals surface area (Å²) < 4.78 is 5.20. The van der Waals surface area contributed by atoms with Crippen LogP contribution in [0.1, 0.15) is 52.1 Å². The smallest absolute Gasteiger partial charge is 0.354 e. The molecule has 6 heteroatoms. The molecule has 0 unspecified atom stereocenters. The van der Waals surface area contributed by atoms with E-state index in [1.807, 2.05) is 24.3 Å². The molecular weight excluding hydrogens is 320 g/mol. The minimum absolute atomic E-state index is 0.0812. The first-order valence-corrected chi connectivity index (χ1v) is 8.20. The van der Waals surface area contributed by atoms with Crippen LogP contribution in [-0.4, -0.2) is 29.1 Å². The highest BCUT2D eigenvalue weighted by Gasteiger charge is 2.37. The summed E-state index contributed by atoms with van der Waals surface area (Å²) in [5.41, 5.74) is 0.913. The van der Waals surface area contributed by atoms with Gasteiger partial charge in [0.2, 0.25) is 0 Å². The monoisotopic (exact) mass is 340 g/mol. The highest BCUT2D eigenvalue weighted by molar-refractivity contribution is 5.95. The number of aromatic nitrogens is 1. The first-order chi connectivity index (χ1) is 12.0. The van der Waals surface area contributed by atoms with Crippen LogP contribution in [0.25, 0.3) is 0 Å². The molecule has 1 aliphatic rings.